The Labute approximate surface area is 127 Å². The van der Waals surface area contributed by atoms with Crippen LogP contribution in [0.1, 0.15) is 44.6 Å². The molecule has 1 aliphatic heterocycles. The predicted octanol–water partition coefficient (Wildman–Crippen LogP) is 3.94. The SMILES string of the molecule is CCCCCC(=O)N1CCC(=NO)c2cc(Br)ccc21. The molecule has 1 aromatic carbocycles. The smallest absolute Gasteiger partial charge is 0.227 e. The fourth-order valence-electron chi connectivity index (χ4n) is 2.47. The summed E-state index contributed by atoms with van der Waals surface area (Å²) in [7, 11) is 0. The van der Waals surface area contributed by atoms with Gasteiger partial charge < -0.3 is 10.1 Å². The van der Waals surface area contributed by atoms with Crippen molar-refractivity contribution >= 4 is 33.2 Å². The fourth-order valence-corrected chi connectivity index (χ4v) is 2.83. The summed E-state index contributed by atoms with van der Waals surface area (Å²) < 4.78 is 0.915. The lowest BCUT2D eigenvalue weighted by molar-refractivity contribution is -0.118. The van der Waals surface area contributed by atoms with Crippen molar-refractivity contribution in [2.45, 2.75) is 39.0 Å². The number of anilines is 1. The second-order valence-electron chi connectivity index (χ2n) is 4.96. The van der Waals surface area contributed by atoms with Gasteiger partial charge in [0.05, 0.1) is 11.4 Å². The van der Waals surface area contributed by atoms with Crippen LogP contribution in [0.25, 0.3) is 0 Å². The third-order valence-corrected chi connectivity index (χ3v) is 4.04. The van der Waals surface area contributed by atoms with Gasteiger partial charge in [-0.25, -0.2) is 0 Å². The first-order chi connectivity index (χ1) is 9.67. The first-order valence-corrected chi connectivity index (χ1v) is 7.78. The van der Waals surface area contributed by atoms with E-state index in [4.69, 9.17) is 5.21 Å². The molecule has 5 heteroatoms. The average Bonchev–Trinajstić information content (AvgIpc) is 2.46. The van der Waals surface area contributed by atoms with Crippen molar-refractivity contribution in [1.29, 1.82) is 0 Å². The van der Waals surface area contributed by atoms with Crippen LogP contribution in [0.3, 0.4) is 0 Å². The van der Waals surface area contributed by atoms with Gasteiger partial charge in [-0.3, -0.25) is 4.79 Å². The van der Waals surface area contributed by atoms with Gasteiger partial charge in [0.25, 0.3) is 0 Å². The molecule has 108 valence electrons. The number of hydrogen-bond donors (Lipinski definition) is 1. The normalized spacial score (nSPS) is 16.3. The van der Waals surface area contributed by atoms with Crippen LogP contribution in [0.2, 0.25) is 0 Å². The number of unbranched alkanes of at least 4 members (excludes halogenated alkanes) is 2. The Morgan fingerprint density at radius 1 is 1.45 bits per heavy atom. The summed E-state index contributed by atoms with van der Waals surface area (Å²) in [6.45, 7) is 2.71. The van der Waals surface area contributed by atoms with Gasteiger partial charge in [-0.2, -0.15) is 0 Å². The third-order valence-electron chi connectivity index (χ3n) is 3.55. The molecule has 0 saturated carbocycles. The third kappa shape index (κ3) is 3.20. The van der Waals surface area contributed by atoms with Crippen LogP contribution in [0.5, 0.6) is 0 Å². The minimum absolute atomic E-state index is 0.152. The Kier molecular flexibility index (Phi) is 5.17. The molecule has 0 aliphatic carbocycles. The molecule has 0 saturated heterocycles. The van der Waals surface area contributed by atoms with E-state index in [1.165, 1.54) is 0 Å². The van der Waals surface area contributed by atoms with E-state index >= 15 is 0 Å². The fraction of sp³-hybridized carbons (Fsp3) is 0.467. The molecule has 1 heterocycles. The molecule has 1 aliphatic rings. The lowest BCUT2D eigenvalue weighted by Crippen LogP contribution is -2.37. The minimum Gasteiger partial charge on any atom is -0.411 e. The molecule has 1 amide bonds. The lowest BCUT2D eigenvalue weighted by atomic mass is 9.99. The second-order valence-corrected chi connectivity index (χ2v) is 5.88. The maximum atomic E-state index is 12.3. The van der Waals surface area contributed by atoms with Crippen molar-refractivity contribution in [2.24, 2.45) is 5.16 Å². The number of benzene rings is 1. The highest BCUT2D eigenvalue weighted by Crippen LogP contribution is 2.30. The van der Waals surface area contributed by atoms with Gasteiger partial charge in [-0.05, 0) is 24.6 Å². The number of rotatable bonds is 4. The van der Waals surface area contributed by atoms with E-state index in [9.17, 15) is 4.79 Å². The van der Waals surface area contributed by atoms with Gasteiger partial charge in [0, 0.05) is 29.4 Å². The Bertz CT molecular complexity index is 529. The molecule has 4 nitrogen and oxygen atoms in total. The van der Waals surface area contributed by atoms with Crippen LogP contribution in [-0.2, 0) is 4.79 Å². The molecule has 1 N–H and O–H groups in total. The predicted molar refractivity (Wildman–Crippen MR) is 83.6 cm³/mol. The summed E-state index contributed by atoms with van der Waals surface area (Å²) in [5.74, 6) is 0.152. The standard InChI is InChI=1S/C15H19BrN2O2/c1-2-3-4-5-15(19)18-9-8-13(17-20)12-10-11(16)6-7-14(12)18/h6-7,10,20H,2-5,8-9H2,1H3. The van der Waals surface area contributed by atoms with Crippen molar-refractivity contribution in [3.05, 3.63) is 28.2 Å². The highest BCUT2D eigenvalue weighted by atomic mass is 79.9. The van der Waals surface area contributed by atoms with Crippen LogP contribution in [0.15, 0.2) is 27.8 Å². The molecule has 0 radical (unpaired) electrons. The number of nitrogens with zero attached hydrogens (tertiary/aromatic N) is 2. The average molecular weight is 339 g/mol. The quantitative estimate of drug-likeness (QED) is 0.513. The Balaban J connectivity index is 2.23. The van der Waals surface area contributed by atoms with Crippen molar-refractivity contribution < 1.29 is 10.0 Å². The molecule has 20 heavy (non-hydrogen) atoms. The van der Waals surface area contributed by atoms with Gasteiger partial charge in [-0.1, -0.05) is 40.9 Å². The minimum atomic E-state index is 0.152. The Morgan fingerprint density at radius 3 is 2.95 bits per heavy atom. The van der Waals surface area contributed by atoms with Gasteiger partial charge in [0.1, 0.15) is 0 Å². The number of carbonyl (C=O) groups excluding carboxylic acids is 1. The van der Waals surface area contributed by atoms with Gasteiger partial charge >= 0.3 is 0 Å². The van der Waals surface area contributed by atoms with Gasteiger partial charge in [0.2, 0.25) is 5.91 Å². The van der Waals surface area contributed by atoms with Crippen molar-refractivity contribution in [1.82, 2.24) is 0 Å². The first-order valence-electron chi connectivity index (χ1n) is 6.98. The van der Waals surface area contributed by atoms with Crippen molar-refractivity contribution in [3.8, 4) is 0 Å². The van der Waals surface area contributed by atoms with E-state index in [1.807, 2.05) is 23.1 Å². The number of carbonyl (C=O) groups is 1. The van der Waals surface area contributed by atoms with Crippen LogP contribution < -0.4 is 4.90 Å². The monoisotopic (exact) mass is 338 g/mol. The molecule has 0 fully saturated rings. The lowest BCUT2D eigenvalue weighted by Gasteiger charge is -2.30. The summed E-state index contributed by atoms with van der Waals surface area (Å²) >= 11 is 3.42. The maximum Gasteiger partial charge on any atom is 0.227 e. The van der Waals surface area contributed by atoms with Gasteiger partial charge in [-0.15, -0.1) is 0 Å². The number of amides is 1. The zero-order chi connectivity index (χ0) is 14.5. The van der Waals surface area contributed by atoms with Crippen molar-refractivity contribution in [3.63, 3.8) is 0 Å². The molecular weight excluding hydrogens is 320 g/mol. The second kappa shape index (κ2) is 6.88. The van der Waals surface area contributed by atoms with Crippen LogP contribution in [-0.4, -0.2) is 23.4 Å². The summed E-state index contributed by atoms with van der Waals surface area (Å²) in [5.41, 5.74) is 2.31. The van der Waals surface area contributed by atoms with Crippen molar-refractivity contribution in [2.75, 3.05) is 11.4 Å². The van der Waals surface area contributed by atoms with Crippen LogP contribution in [0.4, 0.5) is 5.69 Å². The van der Waals surface area contributed by atoms with E-state index in [0.29, 0.717) is 25.1 Å². The topological polar surface area (TPSA) is 52.9 Å². The molecule has 0 aromatic heterocycles. The van der Waals surface area contributed by atoms with E-state index in [2.05, 4.69) is 28.0 Å². The highest BCUT2D eigenvalue weighted by Gasteiger charge is 2.26. The van der Waals surface area contributed by atoms with Gasteiger partial charge in [0.15, 0.2) is 0 Å². The van der Waals surface area contributed by atoms with E-state index in [1.54, 1.807) is 0 Å². The summed E-state index contributed by atoms with van der Waals surface area (Å²) in [4.78, 5) is 14.1. The zero-order valence-electron chi connectivity index (χ0n) is 11.6. The highest BCUT2D eigenvalue weighted by molar-refractivity contribution is 9.10. The van der Waals surface area contributed by atoms with E-state index in [0.717, 1.165) is 35.0 Å². The van der Waals surface area contributed by atoms with Crippen LogP contribution >= 0.6 is 15.9 Å². The molecular formula is C15H19BrN2O2. The summed E-state index contributed by atoms with van der Waals surface area (Å²) in [6.07, 6.45) is 4.28. The van der Waals surface area contributed by atoms with E-state index in [-0.39, 0.29) is 5.91 Å². The summed E-state index contributed by atoms with van der Waals surface area (Å²) in [6, 6.07) is 5.71. The zero-order valence-corrected chi connectivity index (χ0v) is 13.2. The summed E-state index contributed by atoms with van der Waals surface area (Å²) in [5, 5.41) is 12.5. The largest absolute Gasteiger partial charge is 0.411 e. The maximum absolute atomic E-state index is 12.3. The molecule has 0 spiro atoms. The molecule has 2 rings (SSSR count). The number of oxime groups is 1. The Hall–Kier alpha value is -1.36. The number of halogens is 1. The number of hydrogen-bond acceptors (Lipinski definition) is 3. The first kappa shape index (κ1) is 15.0. The molecule has 0 bridgehead atoms. The molecule has 0 unspecified atom stereocenters. The van der Waals surface area contributed by atoms with E-state index < -0.39 is 0 Å². The van der Waals surface area contributed by atoms with Crippen LogP contribution in [0, 0.1) is 0 Å². The molecule has 0 atom stereocenters. The Morgan fingerprint density at radius 2 is 2.25 bits per heavy atom. The molecule has 1 aromatic rings. The number of fused-ring (bicyclic) bond motifs is 1.